The molecule has 0 saturated carbocycles. The summed E-state index contributed by atoms with van der Waals surface area (Å²) in [4.78, 5) is 0. The maximum absolute atomic E-state index is 13.8. The summed E-state index contributed by atoms with van der Waals surface area (Å²) >= 11 is 3.54. The van der Waals surface area contributed by atoms with Crippen LogP contribution in [-0.2, 0) is 19.7 Å². The molecule has 0 aliphatic rings. The van der Waals surface area contributed by atoms with E-state index in [1.54, 1.807) is 25.3 Å². The van der Waals surface area contributed by atoms with Crippen molar-refractivity contribution in [1.29, 1.82) is 0 Å². The normalized spacial score (nSPS) is 10.2. The highest BCUT2D eigenvalue weighted by Crippen LogP contribution is 2.37. The molecule has 0 unspecified atom stereocenters. The average Bonchev–Trinajstić information content (AvgIpc) is 2.69. The summed E-state index contributed by atoms with van der Waals surface area (Å²) in [6, 6.07) is 20.7. The van der Waals surface area contributed by atoms with E-state index >= 15 is 0 Å². The van der Waals surface area contributed by atoms with Crippen LogP contribution in [0.4, 0.5) is 4.39 Å². The van der Waals surface area contributed by atoms with E-state index in [2.05, 4.69) is 33.4 Å². The van der Waals surface area contributed by atoms with Gasteiger partial charge in [0.2, 0.25) is 0 Å². The van der Waals surface area contributed by atoms with Gasteiger partial charge in [0, 0.05) is 18.7 Å². The second-order valence-electron chi connectivity index (χ2n) is 6.08. The first-order valence-electron chi connectivity index (χ1n) is 8.64. The van der Waals surface area contributed by atoms with Crippen molar-refractivity contribution in [2.45, 2.75) is 19.7 Å². The Kier molecular flexibility index (Phi) is 8.77. The SMILES string of the molecule is COc1cc(CNCc2ccccc2)cc(Br)c1OCc1ccccc1F.Cl. The van der Waals surface area contributed by atoms with Gasteiger partial charge in [0.15, 0.2) is 11.5 Å². The third kappa shape index (κ3) is 5.96. The van der Waals surface area contributed by atoms with Crippen molar-refractivity contribution in [2.75, 3.05) is 7.11 Å². The number of rotatable bonds is 8. The Morgan fingerprint density at radius 3 is 2.32 bits per heavy atom. The van der Waals surface area contributed by atoms with Crippen LogP contribution in [0.2, 0.25) is 0 Å². The number of benzene rings is 3. The van der Waals surface area contributed by atoms with E-state index in [1.165, 1.54) is 11.6 Å². The minimum Gasteiger partial charge on any atom is -0.493 e. The van der Waals surface area contributed by atoms with Crippen LogP contribution >= 0.6 is 28.3 Å². The lowest BCUT2D eigenvalue weighted by Crippen LogP contribution is -2.13. The van der Waals surface area contributed by atoms with Crippen molar-refractivity contribution in [1.82, 2.24) is 5.32 Å². The van der Waals surface area contributed by atoms with Gasteiger partial charge in [-0.3, -0.25) is 0 Å². The van der Waals surface area contributed by atoms with Gasteiger partial charge in [0.1, 0.15) is 12.4 Å². The Morgan fingerprint density at radius 1 is 0.929 bits per heavy atom. The molecule has 0 spiro atoms. The van der Waals surface area contributed by atoms with Crippen molar-refractivity contribution in [3.8, 4) is 11.5 Å². The van der Waals surface area contributed by atoms with E-state index < -0.39 is 0 Å². The van der Waals surface area contributed by atoms with Gasteiger partial charge in [0.25, 0.3) is 0 Å². The maximum atomic E-state index is 13.8. The molecule has 0 atom stereocenters. The van der Waals surface area contributed by atoms with Crippen molar-refractivity contribution in [2.24, 2.45) is 0 Å². The van der Waals surface area contributed by atoms with E-state index in [0.29, 0.717) is 23.6 Å². The molecule has 0 radical (unpaired) electrons. The molecular formula is C22H22BrClFNO2. The van der Waals surface area contributed by atoms with Crippen LogP contribution in [0.25, 0.3) is 0 Å². The minimum absolute atomic E-state index is 0. The van der Waals surface area contributed by atoms with E-state index in [1.807, 2.05) is 30.3 Å². The molecule has 1 N–H and O–H groups in total. The zero-order valence-electron chi connectivity index (χ0n) is 15.5. The van der Waals surface area contributed by atoms with Gasteiger partial charge in [0.05, 0.1) is 11.6 Å². The van der Waals surface area contributed by atoms with Crippen LogP contribution in [-0.4, -0.2) is 7.11 Å². The fourth-order valence-electron chi connectivity index (χ4n) is 2.73. The predicted molar refractivity (Wildman–Crippen MR) is 116 cm³/mol. The molecule has 3 nitrogen and oxygen atoms in total. The number of nitrogens with one attached hydrogen (secondary N) is 1. The highest BCUT2D eigenvalue weighted by molar-refractivity contribution is 9.10. The first-order chi connectivity index (χ1) is 13.2. The van der Waals surface area contributed by atoms with Crippen LogP contribution in [0.5, 0.6) is 11.5 Å². The minimum atomic E-state index is -0.283. The topological polar surface area (TPSA) is 30.5 Å². The highest BCUT2D eigenvalue weighted by atomic mass is 79.9. The van der Waals surface area contributed by atoms with E-state index in [4.69, 9.17) is 9.47 Å². The highest BCUT2D eigenvalue weighted by Gasteiger charge is 2.13. The summed E-state index contributed by atoms with van der Waals surface area (Å²) in [5.41, 5.74) is 2.79. The number of methoxy groups -OCH3 is 1. The Hall–Kier alpha value is -2.08. The number of halogens is 3. The monoisotopic (exact) mass is 465 g/mol. The van der Waals surface area contributed by atoms with Gasteiger partial charge in [-0.25, -0.2) is 4.39 Å². The first kappa shape index (κ1) is 22.2. The fraction of sp³-hybridized carbons (Fsp3) is 0.182. The summed E-state index contributed by atoms with van der Waals surface area (Å²) in [5.74, 6) is 0.888. The molecule has 0 aromatic heterocycles. The van der Waals surface area contributed by atoms with Gasteiger partial charge >= 0.3 is 0 Å². The zero-order valence-corrected chi connectivity index (χ0v) is 17.9. The average molecular weight is 467 g/mol. The smallest absolute Gasteiger partial charge is 0.175 e. The molecule has 0 aliphatic heterocycles. The Morgan fingerprint density at radius 2 is 1.61 bits per heavy atom. The van der Waals surface area contributed by atoms with E-state index in [9.17, 15) is 4.39 Å². The zero-order chi connectivity index (χ0) is 19.1. The standard InChI is InChI=1S/C22H21BrFNO2.ClH/c1-26-21-12-17(14-25-13-16-7-3-2-4-8-16)11-19(23)22(21)27-15-18-9-5-6-10-20(18)24;/h2-12,25H,13-15H2,1H3;1H. The van der Waals surface area contributed by atoms with Gasteiger partial charge in [-0.15, -0.1) is 12.4 Å². The third-order valence-corrected chi connectivity index (χ3v) is 4.71. The summed E-state index contributed by atoms with van der Waals surface area (Å²) in [6.45, 7) is 1.61. The quantitative estimate of drug-likeness (QED) is 0.449. The van der Waals surface area contributed by atoms with Crippen molar-refractivity contribution >= 4 is 28.3 Å². The molecule has 3 rings (SSSR count). The summed E-state index contributed by atoms with van der Waals surface area (Å²) in [5, 5.41) is 3.41. The van der Waals surface area contributed by atoms with Gasteiger partial charge in [-0.1, -0.05) is 48.5 Å². The van der Waals surface area contributed by atoms with Gasteiger partial charge < -0.3 is 14.8 Å². The molecule has 148 valence electrons. The molecule has 3 aromatic rings. The molecule has 0 fully saturated rings. The van der Waals surface area contributed by atoms with E-state index in [0.717, 1.165) is 16.6 Å². The van der Waals surface area contributed by atoms with Crippen LogP contribution in [0.1, 0.15) is 16.7 Å². The molecule has 0 heterocycles. The second-order valence-corrected chi connectivity index (χ2v) is 6.93. The second kappa shape index (κ2) is 11.1. The Bertz CT molecular complexity index is 893. The predicted octanol–water partition coefficient (Wildman–Crippen LogP) is 5.89. The van der Waals surface area contributed by atoms with Gasteiger partial charge in [-0.2, -0.15) is 0 Å². The van der Waals surface area contributed by atoms with Crippen molar-refractivity contribution in [3.63, 3.8) is 0 Å². The molecule has 0 saturated heterocycles. The lowest BCUT2D eigenvalue weighted by molar-refractivity contribution is 0.277. The first-order valence-corrected chi connectivity index (χ1v) is 9.44. The van der Waals surface area contributed by atoms with Crippen LogP contribution < -0.4 is 14.8 Å². The lowest BCUT2D eigenvalue weighted by atomic mass is 10.1. The van der Waals surface area contributed by atoms with Crippen LogP contribution in [0.3, 0.4) is 0 Å². The van der Waals surface area contributed by atoms with Crippen molar-refractivity contribution in [3.05, 3.63) is 93.7 Å². The molecule has 0 bridgehead atoms. The number of hydrogen-bond acceptors (Lipinski definition) is 3. The summed E-state index contributed by atoms with van der Waals surface area (Å²) in [6.07, 6.45) is 0. The largest absolute Gasteiger partial charge is 0.493 e. The number of hydrogen-bond donors (Lipinski definition) is 1. The maximum Gasteiger partial charge on any atom is 0.175 e. The van der Waals surface area contributed by atoms with Crippen molar-refractivity contribution < 1.29 is 13.9 Å². The van der Waals surface area contributed by atoms with E-state index in [-0.39, 0.29) is 24.8 Å². The molecule has 3 aromatic carbocycles. The molecule has 0 aliphatic carbocycles. The third-order valence-electron chi connectivity index (χ3n) is 4.12. The Balaban J connectivity index is 0.00000280. The summed E-state index contributed by atoms with van der Waals surface area (Å²) < 4.78 is 25.9. The van der Waals surface area contributed by atoms with Crippen LogP contribution in [0, 0.1) is 5.82 Å². The van der Waals surface area contributed by atoms with Gasteiger partial charge in [-0.05, 0) is 45.3 Å². The summed E-state index contributed by atoms with van der Waals surface area (Å²) in [7, 11) is 1.60. The lowest BCUT2D eigenvalue weighted by Gasteiger charge is -2.15. The molecule has 6 heteroatoms. The molecule has 0 amide bonds. The molecular weight excluding hydrogens is 445 g/mol. The molecule has 28 heavy (non-hydrogen) atoms. The van der Waals surface area contributed by atoms with Crippen LogP contribution in [0.15, 0.2) is 71.2 Å². The number of ether oxygens (including phenoxy) is 2. The fourth-order valence-corrected chi connectivity index (χ4v) is 3.33. The Labute approximate surface area is 179 Å².